The molecule has 0 radical (unpaired) electrons. The molecule has 0 spiro atoms. The van der Waals surface area contributed by atoms with Crippen LogP contribution in [0.2, 0.25) is 0 Å². The van der Waals surface area contributed by atoms with E-state index in [1.54, 1.807) is 12.1 Å². The van der Waals surface area contributed by atoms with Crippen molar-refractivity contribution in [1.29, 1.82) is 0 Å². The second-order valence-electron chi connectivity index (χ2n) is 4.57. The van der Waals surface area contributed by atoms with Crippen molar-refractivity contribution < 1.29 is 4.39 Å². The van der Waals surface area contributed by atoms with Crippen molar-refractivity contribution in [3.8, 4) is 0 Å². The van der Waals surface area contributed by atoms with Crippen molar-refractivity contribution in [3.63, 3.8) is 0 Å². The molecule has 0 amide bonds. The average molecular weight is 204 g/mol. The van der Waals surface area contributed by atoms with Gasteiger partial charge in [0, 0.05) is 0 Å². The Morgan fingerprint density at radius 2 is 2.20 bits per heavy atom. The SMILES string of the molecule is C=C(C)c1ccc(F)c(CCC2CC2)c1. The fraction of sp³-hybridized carbons (Fsp3) is 0.429. The predicted molar refractivity (Wildman–Crippen MR) is 62.2 cm³/mol. The Balaban J connectivity index is 2.12. The van der Waals surface area contributed by atoms with Crippen molar-refractivity contribution in [3.05, 3.63) is 41.7 Å². The summed E-state index contributed by atoms with van der Waals surface area (Å²) in [4.78, 5) is 0. The third kappa shape index (κ3) is 2.68. The van der Waals surface area contributed by atoms with Crippen LogP contribution in [0.1, 0.15) is 37.3 Å². The summed E-state index contributed by atoms with van der Waals surface area (Å²) in [5.41, 5.74) is 2.91. The van der Waals surface area contributed by atoms with Gasteiger partial charge in [0.25, 0.3) is 0 Å². The van der Waals surface area contributed by atoms with Crippen molar-refractivity contribution in [2.75, 3.05) is 0 Å². The molecule has 1 aliphatic carbocycles. The normalized spacial score (nSPS) is 15.3. The number of allylic oxidation sites excluding steroid dienone is 1. The number of aryl methyl sites for hydroxylation is 1. The lowest BCUT2D eigenvalue weighted by molar-refractivity contribution is 0.597. The van der Waals surface area contributed by atoms with Crippen molar-refractivity contribution in [2.45, 2.75) is 32.6 Å². The Labute approximate surface area is 90.8 Å². The van der Waals surface area contributed by atoms with Gasteiger partial charge in [-0.05, 0) is 48.9 Å². The third-order valence-corrected chi connectivity index (χ3v) is 3.06. The van der Waals surface area contributed by atoms with E-state index in [0.29, 0.717) is 0 Å². The van der Waals surface area contributed by atoms with Gasteiger partial charge in [0.2, 0.25) is 0 Å². The van der Waals surface area contributed by atoms with Gasteiger partial charge in [-0.2, -0.15) is 0 Å². The van der Waals surface area contributed by atoms with E-state index in [1.165, 1.54) is 12.8 Å². The van der Waals surface area contributed by atoms with E-state index in [-0.39, 0.29) is 5.82 Å². The molecule has 0 bridgehead atoms. The summed E-state index contributed by atoms with van der Waals surface area (Å²) in [5, 5.41) is 0. The van der Waals surface area contributed by atoms with Gasteiger partial charge in [-0.25, -0.2) is 4.39 Å². The van der Waals surface area contributed by atoms with Crippen molar-refractivity contribution >= 4 is 5.57 Å². The molecule has 80 valence electrons. The van der Waals surface area contributed by atoms with Crippen LogP contribution in [0.5, 0.6) is 0 Å². The zero-order chi connectivity index (χ0) is 10.8. The average Bonchev–Trinajstić information content (AvgIpc) is 3.00. The molecule has 0 aliphatic heterocycles. The van der Waals surface area contributed by atoms with E-state index < -0.39 is 0 Å². The standard InChI is InChI=1S/C14H17F/c1-10(2)12-7-8-14(15)13(9-12)6-5-11-3-4-11/h7-9,11H,1,3-6H2,2H3. The van der Waals surface area contributed by atoms with E-state index in [1.807, 2.05) is 13.0 Å². The maximum atomic E-state index is 13.5. The number of benzene rings is 1. The Morgan fingerprint density at radius 3 is 2.80 bits per heavy atom. The van der Waals surface area contributed by atoms with Crippen LogP contribution in [0.4, 0.5) is 4.39 Å². The summed E-state index contributed by atoms with van der Waals surface area (Å²) in [6.45, 7) is 5.84. The summed E-state index contributed by atoms with van der Waals surface area (Å²) in [7, 11) is 0. The van der Waals surface area contributed by atoms with Crippen molar-refractivity contribution in [2.24, 2.45) is 5.92 Å². The predicted octanol–water partition coefficient (Wildman–Crippen LogP) is 4.20. The number of halogens is 1. The number of hydrogen-bond acceptors (Lipinski definition) is 0. The van der Waals surface area contributed by atoms with Gasteiger partial charge >= 0.3 is 0 Å². The first-order valence-electron chi connectivity index (χ1n) is 5.61. The summed E-state index contributed by atoms with van der Waals surface area (Å²) < 4.78 is 13.5. The highest BCUT2D eigenvalue weighted by molar-refractivity contribution is 5.61. The molecule has 0 saturated heterocycles. The number of rotatable bonds is 4. The second-order valence-corrected chi connectivity index (χ2v) is 4.57. The molecule has 0 unspecified atom stereocenters. The largest absolute Gasteiger partial charge is 0.207 e. The summed E-state index contributed by atoms with van der Waals surface area (Å²) in [6.07, 6.45) is 4.68. The van der Waals surface area contributed by atoms with Gasteiger partial charge in [0.15, 0.2) is 0 Å². The molecule has 1 aromatic carbocycles. The molecule has 1 fully saturated rings. The van der Waals surface area contributed by atoms with Gasteiger partial charge in [-0.3, -0.25) is 0 Å². The molecule has 1 aromatic rings. The first-order chi connectivity index (χ1) is 7.16. The Bertz CT molecular complexity index is 375. The van der Waals surface area contributed by atoms with Crippen LogP contribution in [0.15, 0.2) is 24.8 Å². The van der Waals surface area contributed by atoms with Gasteiger partial charge in [0.05, 0.1) is 0 Å². The zero-order valence-corrected chi connectivity index (χ0v) is 9.22. The molecule has 0 atom stereocenters. The minimum Gasteiger partial charge on any atom is -0.207 e. The molecule has 0 N–H and O–H groups in total. The summed E-state index contributed by atoms with van der Waals surface area (Å²) in [6, 6.07) is 5.31. The molecule has 0 aromatic heterocycles. The highest BCUT2D eigenvalue weighted by atomic mass is 19.1. The Morgan fingerprint density at radius 1 is 1.47 bits per heavy atom. The van der Waals surface area contributed by atoms with Gasteiger partial charge in [-0.15, -0.1) is 0 Å². The fourth-order valence-corrected chi connectivity index (χ4v) is 1.80. The van der Waals surface area contributed by atoms with Crippen LogP contribution in [-0.4, -0.2) is 0 Å². The number of hydrogen-bond donors (Lipinski definition) is 0. The van der Waals surface area contributed by atoms with Gasteiger partial charge < -0.3 is 0 Å². The fourth-order valence-electron chi connectivity index (χ4n) is 1.80. The molecule has 0 heterocycles. The maximum Gasteiger partial charge on any atom is 0.126 e. The molecular formula is C14H17F. The Kier molecular flexibility index (Phi) is 2.90. The molecule has 2 rings (SSSR count). The summed E-state index contributed by atoms with van der Waals surface area (Å²) in [5.74, 6) is 0.790. The van der Waals surface area contributed by atoms with Gasteiger partial charge in [-0.1, -0.05) is 31.1 Å². The van der Waals surface area contributed by atoms with Crippen LogP contribution in [0, 0.1) is 11.7 Å². The zero-order valence-electron chi connectivity index (χ0n) is 9.22. The van der Waals surface area contributed by atoms with E-state index in [4.69, 9.17) is 0 Å². The quantitative estimate of drug-likeness (QED) is 0.689. The van der Waals surface area contributed by atoms with E-state index >= 15 is 0 Å². The smallest absolute Gasteiger partial charge is 0.126 e. The van der Waals surface area contributed by atoms with Gasteiger partial charge in [0.1, 0.15) is 5.82 Å². The van der Waals surface area contributed by atoms with Crippen LogP contribution in [0.25, 0.3) is 5.57 Å². The minimum absolute atomic E-state index is 0.0688. The lowest BCUT2D eigenvalue weighted by Crippen LogP contribution is -1.93. The van der Waals surface area contributed by atoms with E-state index in [0.717, 1.165) is 35.5 Å². The lowest BCUT2D eigenvalue weighted by Gasteiger charge is -2.06. The maximum absolute atomic E-state index is 13.5. The van der Waals surface area contributed by atoms with Crippen LogP contribution >= 0.6 is 0 Å². The molecule has 1 aliphatic rings. The van der Waals surface area contributed by atoms with Crippen molar-refractivity contribution in [1.82, 2.24) is 0 Å². The van der Waals surface area contributed by atoms with Crippen LogP contribution < -0.4 is 0 Å². The molecule has 1 heteroatoms. The minimum atomic E-state index is -0.0688. The molecule has 15 heavy (non-hydrogen) atoms. The molecular weight excluding hydrogens is 187 g/mol. The second kappa shape index (κ2) is 4.18. The van der Waals surface area contributed by atoms with Crippen LogP contribution in [-0.2, 0) is 6.42 Å². The highest BCUT2D eigenvalue weighted by Gasteiger charge is 2.21. The lowest BCUT2D eigenvalue weighted by atomic mass is 10.0. The van der Waals surface area contributed by atoms with E-state index in [9.17, 15) is 4.39 Å². The third-order valence-electron chi connectivity index (χ3n) is 3.06. The Hall–Kier alpha value is -1.11. The molecule has 1 saturated carbocycles. The first-order valence-corrected chi connectivity index (χ1v) is 5.61. The van der Waals surface area contributed by atoms with E-state index in [2.05, 4.69) is 6.58 Å². The van der Waals surface area contributed by atoms with Crippen LogP contribution in [0.3, 0.4) is 0 Å². The highest BCUT2D eigenvalue weighted by Crippen LogP contribution is 2.34. The monoisotopic (exact) mass is 204 g/mol. The first kappa shape index (κ1) is 10.4. The molecule has 0 nitrogen and oxygen atoms in total. The topological polar surface area (TPSA) is 0 Å². The summed E-state index contributed by atoms with van der Waals surface area (Å²) >= 11 is 0.